The molecule has 0 saturated carbocycles. The van der Waals surface area contributed by atoms with Gasteiger partial charge < -0.3 is 4.98 Å². The number of carbonyl (C=O) groups is 1. The third-order valence-electron chi connectivity index (χ3n) is 1.81. The molecule has 2 rings (SSSR count). The highest BCUT2D eigenvalue weighted by Gasteiger charge is 2.16. The van der Waals surface area contributed by atoms with Crippen molar-refractivity contribution >= 4 is 11.4 Å². The van der Waals surface area contributed by atoms with Gasteiger partial charge >= 0.3 is 0 Å². The van der Waals surface area contributed by atoms with E-state index in [2.05, 4.69) is 9.97 Å². The molecule has 0 spiro atoms. The summed E-state index contributed by atoms with van der Waals surface area (Å²) in [6.45, 7) is 0. The van der Waals surface area contributed by atoms with E-state index in [-0.39, 0.29) is 5.78 Å². The van der Waals surface area contributed by atoms with Gasteiger partial charge in [0.2, 0.25) is 0 Å². The molecule has 1 heterocycles. The van der Waals surface area contributed by atoms with Gasteiger partial charge in [0.1, 0.15) is 0 Å². The van der Waals surface area contributed by atoms with Crippen LogP contribution < -0.4 is 0 Å². The number of allylic oxidation sites excluding steroid dienone is 2. The van der Waals surface area contributed by atoms with E-state index >= 15 is 0 Å². The van der Waals surface area contributed by atoms with Crippen molar-refractivity contribution in [1.82, 2.24) is 9.97 Å². The monoisotopic (exact) mass is 148 g/mol. The number of hydrogen-bond donors (Lipinski definition) is 1. The Morgan fingerprint density at radius 3 is 3.00 bits per heavy atom. The average molecular weight is 148 g/mol. The molecule has 1 N–H and O–H groups in total. The first-order valence-electron chi connectivity index (χ1n) is 3.60. The van der Waals surface area contributed by atoms with Crippen LogP contribution in [0.1, 0.15) is 18.5 Å². The highest BCUT2D eigenvalue weighted by atomic mass is 16.1. The number of imidazole rings is 1. The molecule has 56 valence electrons. The first-order valence-corrected chi connectivity index (χ1v) is 3.60. The molecular formula is C8H8N2O. The Hall–Kier alpha value is -1.38. The van der Waals surface area contributed by atoms with Gasteiger partial charge in [-0.25, -0.2) is 4.98 Å². The lowest BCUT2D eigenvalue weighted by molar-refractivity contribution is -0.113. The molecule has 3 heteroatoms. The standard InChI is InChI=1S/C8H8N2O/c11-8-3-1-2-6(8)7-4-9-5-10-7/h2,4-5H,1,3H2,(H,9,10). The molecule has 0 fully saturated rings. The molecule has 0 bridgehead atoms. The second-order valence-corrected chi connectivity index (χ2v) is 2.54. The van der Waals surface area contributed by atoms with Gasteiger partial charge in [-0.2, -0.15) is 0 Å². The molecule has 11 heavy (non-hydrogen) atoms. The van der Waals surface area contributed by atoms with Crippen molar-refractivity contribution in [3.63, 3.8) is 0 Å². The van der Waals surface area contributed by atoms with Gasteiger partial charge in [0.25, 0.3) is 0 Å². The number of nitrogens with one attached hydrogen (secondary N) is 1. The molecule has 0 aromatic carbocycles. The summed E-state index contributed by atoms with van der Waals surface area (Å²) in [5.41, 5.74) is 1.63. The molecule has 3 nitrogen and oxygen atoms in total. The molecule has 0 amide bonds. The second kappa shape index (κ2) is 2.34. The van der Waals surface area contributed by atoms with Gasteiger partial charge in [-0.05, 0) is 6.42 Å². The van der Waals surface area contributed by atoms with E-state index in [1.54, 1.807) is 12.5 Å². The van der Waals surface area contributed by atoms with Crippen molar-refractivity contribution in [2.75, 3.05) is 0 Å². The van der Waals surface area contributed by atoms with Crippen molar-refractivity contribution in [3.8, 4) is 0 Å². The number of aromatic amines is 1. The maximum Gasteiger partial charge on any atom is 0.165 e. The highest BCUT2D eigenvalue weighted by Crippen LogP contribution is 2.21. The van der Waals surface area contributed by atoms with Crippen LogP contribution in [0.2, 0.25) is 0 Å². The Bertz CT molecular complexity index is 298. The fraction of sp³-hybridized carbons (Fsp3) is 0.250. The molecule has 1 aromatic rings. The molecule has 0 unspecified atom stereocenters. The summed E-state index contributed by atoms with van der Waals surface area (Å²) in [6.07, 6.45) is 6.73. The highest BCUT2D eigenvalue weighted by molar-refractivity contribution is 6.21. The number of rotatable bonds is 1. The zero-order valence-electron chi connectivity index (χ0n) is 6.00. The zero-order chi connectivity index (χ0) is 7.68. The smallest absolute Gasteiger partial charge is 0.165 e. The van der Waals surface area contributed by atoms with Crippen LogP contribution in [0.15, 0.2) is 18.6 Å². The molecule has 1 aliphatic rings. The fourth-order valence-corrected chi connectivity index (χ4v) is 1.26. The number of aromatic nitrogens is 2. The third-order valence-corrected chi connectivity index (χ3v) is 1.81. The zero-order valence-corrected chi connectivity index (χ0v) is 6.00. The Morgan fingerprint density at radius 2 is 2.45 bits per heavy atom. The van der Waals surface area contributed by atoms with Crippen LogP contribution in [-0.2, 0) is 4.79 Å². The molecular weight excluding hydrogens is 140 g/mol. The number of nitrogens with zero attached hydrogens (tertiary/aromatic N) is 1. The number of H-pyrrole nitrogens is 1. The lowest BCUT2D eigenvalue weighted by Gasteiger charge is -1.92. The minimum absolute atomic E-state index is 0.217. The minimum atomic E-state index is 0.217. The second-order valence-electron chi connectivity index (χ2n) is 2.54. The summed E-state index contributed by atoms with van der Waals surface area (Å²) in [6, 6.07) is 0. The minimum Gasteiger partial charge on any atom is -0.345 e. The number of ketones is 1. The summed E-state index contributed by atoms with van der Waals surface area (Å²) in [4.78, 5) is 17.9. The van der Waals surface area contributed by atoms with E-state index in [4.69, 9.17) is 0 Å². The molecule has 0 atom stereocenters. The van der Waals surface area contributed by atoms with Crippen molar-refractivity contribution in [1.29, 1.82) is 0 Å². The summed E-state index contributed by atoms with van der Waals surface area (Å²) < 4.78 is 0. The Kier molecular flexibility index (Phi) is 1.35. The van der Waals surface area contributed by atoms with Gasteiger partial charge in [0.15, 0.2) is 5.78 Å². The number of carbonyl (C=O) groups excluding carboxylic acids is 1. The Labute approximate surface area is 64.2 Å². The van der Waals surface area contributed by atoms with Gasteiger partial charge in [0.05, 0.1) is 18.2 Å². The van der Waals surface area contributed by atoms with Gasteiger partial charge in [-0.3, -0.25) is 4.79 Å². The molecule has 0 saturated heterocycles. The normalized spacial score (nSPS) is 17.1. The lowest BCUT2D eigenvalue weighted by Crippen LogP contribution is -1.94. The van der Waals surface area contributed by atoms with E-state index in [1.807, 2.05) is 6.08 Å². The van der Waals surface area contributed by atoms with Crippen molar-refractivity contribution in [2.45, 2.75) is 12.8 Å². The maximum absolute atomic E-state index is 11.2. The Balaban J connectivity index is 2.37. The Morgan fingerprint density at radius 1 is 1.55 bits per heavy atom. The van der Waals surface area contributed by atoms with Gasteiger partial charge in [-0.1, -0.05) is 6.08 Å². The maximum atomic E-state index is 11.2. The van der Waals surface area contributed by atoms with Crippen LogP contribution in [-0.4, -0.2) is 15.8 Å². The van der Waals surface area contributed by atoms with Crippen molar-refractivity contribution in [2.24, 2.45) is 0 Å². The number of Topliss-reactive ketones (excluding diaryl/α,β-unsaturated/α-hetero) is 1. The lowest BCUT2D eigenvalue weighted by atomic mass is 10.2. The predicted octanol–water partition coefficient (Wildman–Crippen LogP) is 1.16. The van der Waals surface area contributed by atoms with Crippen molar-refractivity contribution < 1.29 is 4.79 Å². The molecule has 1 aromatic heterocycles. The van der Waals surface area contributed by atoms with E-state index in [0.717, 1.165) is 17.7 Å². The van der Waals surface area contributed by atoms with Crippen LogP contribution in [0.5, 0.6) is 0 Å². The van der Waals surface area contributed by atoms with Crippen LogP contribution in [0, 0.1) is 0 Å². The molecule has 1 aliphatic carbocycles. The average Bonchev–Trinajstić information content (AvgIpc) is 2.55. The van der Waals surface area contributed by atoms with E-state index in [0.29, 0.717) is 6.42 Å². The molecule has 0 aliphatic heterocycles. The fourth-order valence-electron chi connectivity index (χ4n) is 1.26. The van der Waals surface area contributed by atoms with E-state index in [9.17, 15) is 4.79 Å². The topological polar surface area (TPSA) is 45.8 Å². The van der Waals surface area contributed by atoms with E-state index in [1.165, 1.54) is 0 Å². The van der Waals surface area contributed by atoms with Crippen LogP contribution in [0.25, 0.3) is 5.57 Å². The van der Waals surface area contributed by atoms with Gasteiger partial charge in [-0.15, -0.1) is 0 Å². The molecule has 0 radical (unpaired) electrons. The van der Waals surface area contributed by atoms with Gasteiger partial charge in [0, 0.05) is 12.0 Å². The van der Waals surface area contributed by atoms with Crippen LogP contribution in [0.4, 0.5) is 0 Å². The van der Waals surface area contributed by atoms with Crippen molar-refractivity contribution in [3.05, 3.63) is 24.3 Å². The summed E-state index contributed by atoms with van der Waals surface area (Å²) >= 11 is 0. The first-order chi connectivity index (χ1) is 5.38. The quantitative estimate of drug-likeness (QED) is 0.649. The van der Waals surface area contributed by atoms with Crippen LogP contribution in [0.3, 0.4) is 0 Å². The first kappa shape index (κ1) is 6.34. The van der Waals surface area contributed by atoms with E-state index < -0.39 is 0 Å². The number of hydrogen-bond acceptors (Lipinski definition) is 2. The summed E-state index contributed by atoms with van der Waals surface area (Å²) in [7, 11) is 0. The van der Waals surface area contributed by atoms with Crippen LogP contribution >= 0.6 is 0 Å². The largest absolute Gasteiger partial charge is 0.345 e. The SMILES string of the molecule is O=C1CCC=C1c1cnc[nH]1. The summed E-state index contributed by atoms with van der Waals surface area (Å²) in [5.74, 6) is 0.217. The third kappa shape index (κ3) is 0.981. The summed E-state index contributed by atoms with van der Waals surface area (Å²) in [5, 5.41) is 0. The predicted molar refractivity (Wildman–Crippen MR) is 40.8 cm³/mol.